The van der Waals surface area contributed by atoms with Crippen LogP contribution >= 0.6 is 0 Å². The third-order valence-electron chi connectivity index (χ3n) is 0.924. The first-order chi connectivity index (χ1) is 3.79. The van der Waals surface area contributed by atoms with Gasteiger partial charge in [-0.15, -0.1) is 0 Å². The Labute approximate surface area is 48.9 Å². The van der Waals surface area contributed by atoms with E-state index in [0.717, 1.165) is 5.76 Å². The summed E-state index contributed by atoms with van der Waals surface area (Å²) in [4.78, 5) is 3.93. The van der Waals surface area contributed by atoms with Crippen molar-refractivity contribution in [1.29, 1.82) is 0 Å². The van der Waals surface area contributed by atoms with Crippen LogP contribution in [0.1, 0.15) is 13.8 Å². The van der Waals surface area contributed by atoms with Gasteiger partial charge in [0.1, 0.15) is 11.9 Å². The molecule has 0 bridgehead atoms. The summed E-state index contributed by atoms with van der Waals surface area (Å²) in [6, 6.07) is 0. The molecule has 1 aliphatic heterocycles. The molecule has 2 heteroatoms. The zero-order valence-corrected chi connectivity index (χ0v) is 5.09. The Morgan fingerprint density at radius 3 is 2.88 bits per heavy atom. The van der Waals surface area contributed by atoms with E-state index in [0.29, 0.717) is 0 Å². The van der Waals surface area contributed by atoms with Gasteiger partial charge in [-0.25, -0.2) is 0 Å². The maximum absolute atomic E-state index is 5.20. The van der Waals surface area contributed by atoms with Crippen molar-refractivity contribution in [3.8, 4) is 0 Å². The maximum Gasteiger partial charge on any atom is 0.131 e. The Balaban J connectivity index is 2.59. The molecule has 0 aliphatic carbocycles. The van der Waals surface area contributed by atoms with Crippen LogP contribution < -0.4 is 0 Å². The van der Waals surface area contributed by atoms with Crippen LogP contribution in [0, 0.1) is 0 Å². The summed E-state index contributed by atoms with van der Waals surface area (Å²) < 4.78 is 5.20. The largest absolute Gasteiger partial charge is 0.488 e. The molecular weight excluding hydrogens is 102 g/mol. The summed E-state index contributed by atoms with van der Waals surface area (Å²) in [7, 11) is 0. The SMILES string of the molecule is CC1=CN=CC(C)O1. The highest BCUT2D eigenvalue weighted by Gasteiger charge is 2.00. The van der Waals surface area contributed by atoms with Crippen molar-refractivity contribution in [1.82, 2.24) is 0 Å². The Kier molecular flexibility index (Phi) is 1.33. The Morgan fingerprint density at radius 2 is 2.50 bits per heavy atom. The van der Waals surface area contributed by atoms with E-state index in [1.165, 1.54) is 0 Å². The molecule has 1 rings (SSSR count). The second-order valence-electron chi connectivity index (χ2n) is 1.86. The third kappa shape index (κ3) is 1.09. The van der Waals surface area contributed by atoms with Crippen LogP contribution in [0.5, 0.6) is 0 Å². The molecule has 0 aromatic carbocycles. The molecule has 0 aromatic rings. The Morgan fingerprint density at radius 1 is 1.75 bits per heavy atom. The van der Waals surface area contributed by atoms with Gasteiger partial charge in [0, 0.05) is 6.21 Å². The van der Waals surface area contributed by atoms with Gasteiger partial charge < -0.3 is 4.74 Å². The smallest absolute Gasteiger partial charge is 0.131 e. The molecule has 1 aliphatic rings. The van der Waals surface area contributed by atoms with Gasteiger partial charge in [-0.3, -0.25) is 4.99 Å². The quantitative estimate of drug-likeness (QED) is 0.462. The molecule has 0 radical (unpaired) electrons. The van der Waals surface area contributed by atoms with E-state index < -0.39 is 0 Å². The molecule has 0 saturated heterocycles. The summed E-state index contributed by atoms with van der Waals surface area (Å²) >= 11 is 0. The lowest BCUT2D eigenvalue weighted by atomic mass is 10.4. The third-order valence-corrected chi connectivity index (χ3v) is 0.924. The summed E-state index contributed by atoms with van der Waals surface area (Å²) in [6.07, 6.45) is 3.63. The molecule has 44 valence electrons. The van der Waals surface area contributed by atoms with E-state index in [1.807, 2.05) is 13.8 Å². The summed E-state index contributed by atoms with van der Waals surface area (Å²) in [5.41, 5.74) is 0. The predicted molar refractivity (Wildman–Crippen MR) is 32.8 cm³/mol. The van der Waals surface area contributed by atoms with E-state index in [2.05, 4.69) is 4.99 Å². The number of hydrogen-bond acceptors (Lipinski definition) is 2. The van der Waals surface area contributed by atoms with Crippen molar-refractivity contribution < 1.29 is 4.74 Å². The lowest BCUT2D eigenvalue weighted by molar-refractivity contribution is 0.185. The number of ether oxygens (including phenoxy) is 1. The van der Waals surface area contributed by atoms with Crippen molar-refractivity contribution in [3.05, 3.63) is 12.0 Å². The van der Waals surface area contributed by atoms with Crippen molar-refractivity contribution in [3.63, 3.8) is 0 Å². The molecule has 1 heterocycles. The topological polar surface area (TPSA) is 21.6 Å². The van der Waals surface area contributed by atoms with Crippen LogP contribution in [0.15, 0.2) is 17.0 Å². The first kappa shape index (κ1) is 5.35. The summed E-state index contributed by atoms with van der Waals surface area (Å²) in [5.74, 6) is 0.889. The lowest BCUT2D eigenvalue weighted by Gasteiger charge is -2.12. The first-order valence-electron chi connectivity index (χ1n) is 2.66. The summed E-state index contributed by atoms with van der Waals surface area (Å²) in [6.45, 7) is 3.85. The molecular formula is C6H9NO. The molecule has 2 nitrogen and oxygen atoms in total. The Hall–Kier alpha value is -0.790. The van der Waals surface area contributed by atoms with Gasteiger partial charge in [-0.05, 0) is 13.8 Å². The van der Waals surface area contributed by atoms with Crippen molar-refractivity contribution >= 4 is 6.21 Å². The second-order valence-corrected chi connectivity index (χ2v) is 1.86. The Bertz CT molecular complexity index is 137. The number of aliphatic imine (C=N–C) groups is 1. The van der Waals surface area contributed by atoms with Gasteiger partial charge in [0.05, 0.1) is 6.20 Å². The van der Waals surface area contributed by atoms with Gasteiger partial charge in [-0.2, -0.15) is 0 Å². The van der Waals surface area contributed by atoms with Gasteiger partial charge in [0.15, 0.2) is 0 Å². The lowest BCUT2D eigenvalue weighted by Crippen LogP contribution is -2.10. The van der Waals surface area contributed by atoms with Gasteiger partial charge in [0.25, 0.3) is 0 Å². The summed E-state index contributed by atoms with van der Waals surface area (Å²) in [5, 5.41) is 0. The molecule has 1 unspecified atom stereocenters. The maximum atomic E-state index is 5.20. The fraction of sp³-hybridized carbons (Fsp3) is 0.500. The predicted octanol–water partition coefficient (Wildman–Crippen LogP) is 1.34. The van der Waals surface area contributed by atoms with Crippen LogP contribution in [0.3, 0.4) is 0 Å². The van der Waals surface area contributed by atoms with Crippen molar-refractivity contribution in [2.75, 3.05) is 0 Å². The van der Waals surface area contributed by atoms with E-state index >= 15 is 0 Å². The van der Waals surface area contributed by atoms with Gasteiger partial charge >= 0.3 is 0 Å². The van der Waals surface area contributed by atoms with Crippen LogP contribution in [0.25, 0.3) is 0 Å². The van der Waals surface area contributed by atoms with Crippen molar-refractivity contribution in [2.45, 2.75) is 20.0 Å². The van der Waals surface area contributed by atoms with Gasteiger partial charge in [-0.1, -0.05) is 0 Å². The van der Waals surface area contributed by atoms with E-state index in [9.17, 15) is 0 Å². The van der Waals surface area contributed by atoms with Crippen LogP contribution in [-0.2, 0) is 4.74 Å². The molecule has 0 fully saturated rings. The number of allylic oxidation sites excluding steroid dienone is 1. The van der Waals surface area contributed by atoms with E-state index in [-0.39, 0.29) is 6.10 Å². The molecule has 0 N–H and O–H groups in total. The zero-order chi connectivity index (χ0) is 5.98. The molecule has 0 spiro atoms. The van der Waals surface area contributed by atoms with Crippen LogP contribution in [0.2, 0.25) is 0 Å². The average Bonchev–Trinajstić information content (AvgIpc) is 1.64. The van der Waals surface area contributed by atoms with Crippen molar-refractivity contribution in [2.24, 2.45) is 4.99 Å². The number of hydrogen-bond donors (Lipinski definition) is 0. The molecule has 1 atom stereocenters. The highest BCUT2D eigenvalue weighted by atomic mass is 16.5. The fourth-order valence-electron chi connectivity index (χ4n) is 0.623. The monoisotopic (exact) mass is 111 g/mol. The molecule has 0 aromatic heterocycles. The number of rotatable bonds is 0. The van der Waals surface area contributed by atoms with Crippen LogP contribution in [-0.4, -0.2) is 12.3 Å². The van der Waals surface area contributed by atoms with Gasteiger partial charge in [0.2, 0.25) is 0 Å². The highest BCUT2D eigenvalue weighted by Crippen LogP contribution is 2.04. The molecule has 0 amide bonds. The fourth-order valence-corrected chi connectivity index (χ4v) is 0.623. The average molecular weight is 111 g/mol. The minimum Gasteiger partial charge on any atom is -0.488 e. The van der Waals surface area contributed by atoms with E-state index in [1.54, 1.807) is 12.4 Å². The first-order valence-corrected chi connectivity index (χ1v) is 2.66. The standard InChI is InChI=1S/C6H9NO/c1-5-3-7-4-6(2)8-5/h3-5H,1-2H3. The van der Waals surface area contributed by atoms with Crippen LogP contribution in [0.4, 0.5) is 0 Å². The zero-order valence-electron chi connectivity index (χ0n) is 5.09. The highest BCUT2D eigenvalue weighted by molar-refractivity contribution is 5.64. The second kappa shape index (κ2) is 1.99. The number of nitrogens with zero attached hydrogens (tertiary/aromatic N) is 1. The normalized spacial score (nSPS) is 26.8. The molecule has 8 heavy (non-hydrogen) atoms. The minimum absolute atomic E-state index is 0.153. The molecule has 0 saturated carbocycles. The minimum atomic E-state index is 0.153. The van der Waals surface area contributed by atoms with E-state index in [4.69, 9.17) is 4.74 Å².